The van der Waals surface area contributed by atoms with Gasteiger partial charge in [0.15, 0.2) is 11.2 Å². The number of nitro benzene ring substituents is 1. The van der Waals surface area contributed by atoms with Crippen LogP contribution in [0.2, 0.25) is 0 Å². The molecule has 0 unspecified atom stereocenters. The molecule has 0 spiro atoms. The van der Waals surface area contributed by atoms with Gasteiger partial charge in [-0.3, -0.25) is 19.5 Å². The van der Waals surface area contributed by atoms with E-state index in [2.05, 4.69) is 15.0 Å². The maximum atomic E-state index is 11.7. The predicted octanol–water partition coefficient (Wildman–Crippen LogP) is 1.02. The molecule has 3 rings (SSSR count). The Labute approximate surface area is 105 Å². The van der Waals surface area contributed by atoms with Crippen LogP contribution in [0.5, 0.6) is 0 Å². The van der Waals surface area contributed by atoms with E-state index in [9.17, 15) is 14.9 Å². The molecule has 0 radical (unpaired) electrons. The summed E-state index contributed by atoms with van der Waals surface area (Å²) < 4.78 is 1.53. The van der Waals surface area contributed by atoms with Crippen molar-refractivity contribution >= 4 is 16.9 Å². The van der Waals surface area contributed by atoms with Crippen LogP contribution < -0.4 is 5.56 Å². The Morgan fingerprint density at radius 1 is 1.21 bits per heavy atom. The van der Waals surface area contributed by atoms with Crippen LogP contribution in [0.1, 0.15) is 0 Å². The fraction of sp³-hybridized carbons (Fsp3) is 0. The van der Waals surface area contributed by atoms with Crippen molar-refractivity contribution in [2.24, 2.45) is 0 Å². The van der Waals surface area contributed by atoms with Crippen molar-refractivity contribution in [3.63, 3.8) is 0 Å². The first-order chi connectivity index (χ1) is 9.16. The number of hydrogen-bond acceptors (Lipinski definition) is 5. The van der Waals surface area contributed by atoms with Gasteiger partial charge in [0, 0.05) is 17.8 Å². The Morgan fingerprint density at radius 2 is 1.95 bits per heavy atom. The lowest BCUT2D eigenvalue weighted by molar-refractivity contribution is -0.384. The molecule has 2 aromatic heterocycles. The van der Waals surface area contributed by atoms with Gasteiger partial charge in [-0.1, -0.05) is 0 Å². The standard InChI is InChI=1S/C11H7N5O3/c17-11-9-10(12-5-13-11)14-6-15(9)7-1-3-8(4-2-7)16(18)19/h1-6H,(H,12,13,17). The largest absolute Gasteiger partial charge is 0.311 e. The lowest BCUT2D eigenvalue weighted by Crippen LogP contribution is -2.10. The Bertz CT molecular complexity index is 818. The third-order valence-corrected chi connectivity index (χ3v) is 2.68. The van der Waals surface area contributed by atoms with Crippen molar-refractivity contribution in [2.75, 3.05) is 0 Å². The van der Waals surface area contributed by atoms with E-state index >= 15 is 0 Å². The second-order valence-corrected chi connectivity index (χ2v) is 3.79. The second kappa shape index (κ2) is 4.02. The number of nitrogens with zero attached hydrogens (tertiary/aromatic N) is 4. The number of H-pyrrole nitrogens is 1. The SMILES string of the molecule is O=c1[nH]cnc2ncn(-c3ccc([N+](=O)[O-])cc3)c12. The number of aromatic amines is 1. The molecule has 1 N–H and O–H groups in total. The summed E-state index contributed by atoms with van der Waals surface area (Å²) in [4.78, 5) is 32.3. The van der Waals surface area contributed by atoms with Gasteiger partial charge in [-0.2, -0.15) is 0 Å². The molecule has 2 heterocycles. The molecule has 0 amide bonds. The summed E-state index contributed by atoms with van der Waals surface area (Å²) in [5.74, 6) is 0. The number of non-ortho nitro benzene ring substituents is 1. The molecule has 3 aromatic rings. The van der Waals surface area contributed by atoms with Crippen molar-refractivity contribution in [3.05, 3.63) is 57.4 Å². The van der Waals surface area contributed by atoms with Crippen LogP contribution in [0.15, 0.2) is 41.7 Å². The third-order valence-electron chi connectivity index (χ3n) is 2.68. The highest BCUT2D eigenvalue weighted by Crippen LogP contribution is 2.17. The average Bonchev–Trinajstić information content (AvgIpc) is 2.84. The van der Waals surface area contributed by atoms with Gasteiger partial charge in [0.25, 0.3) is 11.2 Å². The fourth-order valence-corrected chi connectivity index (χ4v) is 1.80. The van der Waals surface area contributed by atoms with E-state index in [-0.39, 0.29) is 11.2 Å². The van der Waals surface area contributed by atoms with Crippen molar-refractivity contribution < 1.29 is 4.92 Å². The summed E-state index contributed by atoms with van der Waals surface area (Å²) in [6.07, 6.45) is 2.73. The molecule has 8 nitrogen and oxygen atoms in total. The van der Waals surface area contributed by atoms with E-state index in [1.54, 1.807) is 12.1 Å². The first-order valence-electron chi connectivity index (χ1n) is 5.32. The van der Waals surface area contributed by atoms with Gasteiger partial charge in [0.2, 0.25) is 0 Å². The van der Waals surface area contributed by atoms with Crippen LogP contribution in [0.3, 0.4) is 0 Å². The number of nitro groups is 1. The van der Waals surface area contributed by atoms with Crippen LogP contribution in [-0.4, -0.2) is 24.4 Å². The van der Waals surface area contributed by atoms with Crippen molar-refractivity contribution in [1.82, 2.24) is 19.5 Å². The maximum absolute atomic E-state index is 11.7. The smallest absolute Gasteiger partial charge is 0.277 e. The van der Waals surface area contributed by atoms with Crippen LogP contribution in [0, 0.1) is 10.1 Å². The molecule has 94 valence electrons. The van der Waals surface area contributed by atoms with Gasteiger partial charge in [-0.15, -0.1) is 0 Å². The van der Waals surface area contributed by atoms with Gasteiger partial charge in [-0.05, 0) is 12.1 Å². The second-order valence-electron chi connectivity index (χ2n) is 3.79. The molecule has 0 aliphatic carbocycles. The van der Waals surface area contributed by atoms with Gasteiger partial charge < -0.3 is 4.98 Å². The average molecular weight is 257 g/mol. The van der Waals surface area contributed by atoms with Crippen molar-refractivity contribution in [2.45, 2.75) is 0 Å². The van der Waals surface area contributed by atoms with Gasteiger partial charge >= 0.3 is 0 Å². The summed E-state index contributed by atoms with van der Waals surface area (Å²) in [5.41, 5.74) is 0.895. The summed E-state index contributed by atoms with van der Waals surface area (Å²) in [6.45, 7) is 0. The van der Waals surface area contributed by atoms with Crippen LogP contribution in [0.25, 0.3) is 16.9 Å². The van der Waals surface area contributed by atoms with E-state index < -0.39 is 4.92 Å². The van der Waals surface area contributed by atoms with E-state index in [0.29, 0.717) is 16.9 Å². The molecule has 1 aromatic carbocycles. The number of imidazole rings is 1. The topological polar surface area (TPSA) is 107 Å². The molecule has 19 heavy (non-hydrogen) atoms. The lowest BCUT2D eigenvalue weighted by Gasteiger charge is -2.02. The summed E-state index contributed by atoms with van der Waals surface area (Å²) >= 11 is 0. The highest BCUT2D eigenvalue weighted by atomic mass is 16.6. The quantitative estimate of drug-likeness (QED) is 0.544. The molecule has 0 saturated carbocycles. The first-order valence-corrected chi connectivity index (χ1v) is 5.32. The molecule has 0 bridgehead atoms. The third kappa shape index (κ3) is 1.75. The number of rotatable bonds is 2. The molecule has 0 saturated heterocycles. The van der Waals surface area contributed by atoms with Crippen LogP contribution >= 0.6 is 0 Å². The van der Waals surface area contributed by atoms with Crippen molar-refractivity contribution in [1.29, 1.82) is 0 Å². The maximum Gasteiger partial charge on any atom is 0.277 e. The zero-order valence-electron chi connectivity index (χ0n) is 9.48. The predicted molar refractivity (Wildman–Crippen MR) is 66.1 cm³/mol. The Balaban J connectivity index is 2.19. The summed E-state index contributed by atoms with van der Waals surface area (Å²) in [6, 6.07) is 5.83. The number of hydrogen-bond donors (Lipinski definition) is 1. The van der Waals surface area contributed by atoms with Gasteiger partial charge in [-0.25, -0.2) is 9.97 Å². The number of aromatic nitrogens is 4. The highest BCUT2D eigenvalue weighted by Gasteiger charge is 2.10. The molecular formula is C11H7N5O3. The van der Waals surface area contributed by atoms with Gasteiger partial charge in [0.05, 0.1) is 11.3 Å². The van der Waals surface area contributed by atoms with Crippen molar-refractivity contribution in [3.8, 4) is 5.69 Å². The van der Waals surface area contributed by atoms with E-state index in [4.69, 9.17) is 0 Å². The highest BCUT2D eigenvalue weighted by molar-refractivity contribution is 5.71. The zero-order valence-corrected chi connectivity index (χ0v) is 9.48. The zero-order chi connectivity index (χ0) is 13.4. The number of fused-ring (bicyclic) bond motifs is 1. The van der Waals surface area contributed by atoms with E-state index in [0.717, 1.165) is 0 Å². The normalized spacial score (nSPS) is 10.7. The minimum Gasteiger partial charge on any atom is -0.311 e. The fourth-order valence-electron chi connectivity index (χ4n) is 1.80. The lowest BCUT2D eigenvalue weighted by atomic mass is 10.3. The van der Waals surface area contributed by atoms with E-state index in [1.807, 2.05) is 0 Å². The molecule has 0 aliphatic heterocycles. The Kier molecular flexibility index (Phi) is 2.34. The Hall–Kier alpha value is -3.03. The van der Waals surface area contributed by atoms with Gasteiger partial charge in [0.1, 0.15) is 6.33 Å². The minimum atomic E-state index is -0.482. The van der Waals surface area contributed by atoms with Crippen LogP contribution in [-0.2, 0) is 0 Å². The molecule has 8 heteroatoms. The molecule has 0 atom stereocenters. The first kappa shape index (κ1) is 11.1. The van der Waals surface area contributed by atoms with Crippen LogP contribution in [0.4, 0.5) is 5.69 Å². The summed E-state index contributed by atoms with van der Waals surface area (Å²) in [7, 11) is 0. The minimum absolute atomic E-state index is 0.0137. The molecular weight excluding hydrogens is 250 g/mol. The monoisotopic (exact) mass is 257 g/mol. The number of benzene rings is 1. The Morgan fingerprint density at radius 3 is 2.63 bits per heavy atom. The van der Waals surface area contributed by atoms with E-state index in [1.165, 1.54) is 29.4 Å². The summed E-state index contributed by atoms with van der Waals surface area (Å²) in [5, 5.41) is 10.6. The number of nitrogens with one attached hydrogen (secondary N) is 1. The molecule has 0 fully saturated rings. The molecule has 0 aliphatic rings.